The van der Waals surface area contributed by atoms with Gasteiger partial charge in [-0.15, -0.1) is 11.3 Å². The topological polar surface area (TPSA) is 50.9 Å². The van der Waals surface area contributed by atoms with Gasteiger partial charge < -0.3 is 11.1 Å². The Morgan fingerprint density at radius 1 is 1.05 bits per heavy atom. The molecule has 21 heavy (non-hydrogen) atoms. The van der Waals surface area contributed by atoms with Crippen molar-refractivity contribution in [2.45, 2.75) is 13.8 Å². The van der Waals surface area contributed by atoms with Crippen LogP contribution < -0.4 is 11.1 Å². The Balaban J connectivity index is 1.89. The van der Waals surface area contributed by atoms with Crippen molar-refractivity contribution in [3.8, 4) is 11.3 Å². The molecule has 0 aliphatic carbocycles. The molecule has 0 aliphatic rings. The summed E-state index contributed by atoms with van der Waals surface area (Å²) in [4.78, 5) is 4.65. The van der Waals surface area contributed by atoms with Crippen molar-refractivity contribution < 1.29 is 0 Å². The molecular weight excluding hydrogens is 278 g/mol. The summed E-state index contributed by atoms with van der Waals surface area (Å²) in [7, 11) is 0. The predicted molar refractivity (Wildman–Crippen MR) is 91.2 cm³/mol. The fraction of sp³-hybridized carbons (Fsp3) is 0.118. The minimum absolute atomic E-state index is 0.754. The quantitative estimate of drug-likeness (QED) is 0.685. The summed E-state index contributed by atoms with van der Waals surface area (Å²) in [6, 6.07) is 14.1. The average Bonchev–Trinajstić information content (AvgIpc) is 2.92. The second-order valence-electron chi connectivity index (χ2n) is 5.06. The van der Waals surface area contributed by atoms with Crippen molar-refractivity contribution in [2.75, 3.05) is 11.1 Å². The number of hydrogen-bond donors (Lipinski definition) is 2. The van der Waals surface area contributed by atoms with E-state index in [-0.39, 0.29) is 0 Å². The summed E-state index contributed by atoms with van der Waals surface area (Å²) >= 11 is 1.60. The first-order valence-electron chi connectivity index (χ1n) is 6.78. The number of rotatable bonds is 3. The largest absolute Gasteiger partial charge is 0.399 e. The van der Waals surface area contributed by atoms with Crippen LogP contribution in [-0.4, -0.2) is 4.98 Å². The van der Waals surface area contributed by atoms with Gasteiger partial charge in [-0.05, 0) is 37.1 Å². The third-order valence-corrected chi connectivity index (χ3v) is 4.16. The molecule has 0 fully saturated rings. The molecule has 0 bridgehead atoms. The number of nitrogens with zero attached hydrogens (tertiary/aromatic N) is 1. The van der Waals surface area contributed by atoms with Gasteiger partial charge in [-0.2, -0.15) is 0 Å². The molecule has 0 aliphatic heterocycles. The van der Waals surface area contributed by atoms with Crippen molar-refractivity contribution in [3.05, 3.63) is 59.0 Å². The zero-order valence-electron chi connectivity index (χ0n) is 12.1. The van der Waals surface area contributed by atoms with Gasteiger partial charge >= 0.3 is 0 Å². The number of anilines is 3. The Hall–Kier alpha value is -2.33. The zero-order valence-corrected chi connectivity index (χ0v) is 12.9. The maximum absolute atomic E-state index is 5.83. The van der Waals surface area contributed by atoms with E-state index >= 15 is 0 Å². The van der Waals surface area contributed by atoms with Crippen LogP contribution in [0.25, 0.3) is 11.3 Å². The second-order valence-corrected chi connectivity index (χ2v) is 5.91. The van der Waals surface area contributed by atoms with Crippen LogP contribution in [0.4, 0.5) is 16.5 Å². The maximum atomic E-state index is 5.83. The summed E-state index contributed by atoms with van der Waals surface area (Å²) in [6.45, 7) is 4.20. The fourth-order valence-corrected chi connectivity index (χ4v) is 3.00. The van der Waals surface area contributed by atoms with Crippen molar-refractivity contribution in [1.29, 1.82) is 0 Å². The van der Waals surface area contributed by atoms with Crippen LogP contribution in [0.3, 0.4) is 0 Å². The van der Waals surface area contributed by atoms with E-state index in [0.717, 1.165) is 27.8 Å². The van der Waals surface area contributed by atoms with Gasteiger partial charge in [-0.1, -0.05) is 30.3 Å². The second kappa shape index (κ2) is 5.58. The lowest BCUT2D eigenvalue weighted by Gasteiger charge is -2.09. The summed E-state index contributed by atoms with van der Waals surface area (Å²) in [5, 5.41) is 6.36. The van der Waals surface area contributed by atoms with Crippen LogP contribution >= 0.6 is 11.3 Å². The lowest BCUT2D eigenvalue weighted by Crippen LogP contribution is -1.95. The number of nitrogens with one attached hydrogen (secondary N) is 1. The van der Waals surface area contributed by atoms with Crippen molar-refractivity contribution in [2.24, 2.45) is 0 Å². The Kier molecular flexibility index (Phi) is 3.62. The summed E-state index contributed by atoms with van der Waals surface area (Å²) in [5.41, 5.74) is 12.1. The van der Waals surface area contributed by atoms with Gasteiger partial charge in [0.05, 0.1) is 5.69 Å². The number of aromatic nitrogens is 1. The highest BCUT2D eigenvalue weighted by Crippen LogP contribution is 2.30. The van der Waals surface area contributed by atoms with E-state index in [0.29, 0.717) is 0 Å². The molecule has 1 aromatic heterocycles. The molecular formula is C17H17N3S. The lowest BCUT2D eigenvalue weighted by molar-refractivity contribution is 1.33. The zero-order chi connectivity index (χ0) is 14.8. The molecule has 0 radical (unpaired) electrons. The SMILES string of the molecule is Cc1cccc(C)c1Nc1nc(-c2cccc(N)c2)cs1. The summed E-state index contributed by atoms with van der Waals surface area (Å²) in [6.07, 6.45) is 0. The van der Waals surface area contributed by atoms with Crippen LogP contribution in [-0.2, 0) is 0 Å². The number of hydrogen-bond acceptors (Lipinski definition) is 4. The molecule has 0 atom stereocenters. The maximum Gasteiger partial charge on any atom is 0.187 e. The fourth-order valence-electron chi connectivity index (χ4n) is 2.28. The van der Waals surface area contributed by atoms with Gasteiger partial charge in [0.2, 0.25) is 0 Å². The van der Waals surface area contributed by atoms with Gasteiger partial charge in [0.25, 0.3) is 0 Å². The van der Waals surface area contributed by atoms with Crippen molar-refractivity contribution in [3.63, 3.8) is 0 Å². The summed E-state index contributed by atoms with van der Waals surface area (Å²) < 4.78 is 0. The standard InChI is InChI=1S/C17H17N3S/c1-11-5-3-6-12(2)16(11)20-17-19-15(10-21-17)13-7-4-8-14(18)9-13/h3-10H,18H2,1-2H3,(H,19,20). The van der Waals surface area contributed by atoms with E-state index in [1.165, 1.54) is 11.1 Å². The van der Waals surface area contributed by atoms with Crippen molar-refractivity contribution in [1.82, 2.24) is 4.98 Å². The van der Waals surface area contributed by atoms with Crippen LogP contribution in [0, 0.1) is 13.8 Å². The molecule has 0 saturated carbocycles. The molecule has 1 heterocycles. The van der Waals surface area contributed by atoms with Crippen LogP contribution in [0.2, 0.25) is 0 Å². The molecule has 106 valence electrons. The molecule has 0 amide bonds. The van der Waals surface area contributed by atoms with E-state index in [9.17, 15) is 0 Å². The minimum Gasteiger partial charge on any atom is -0.399 e. The van der Waals surface area contributed by atoms with Gasteiger partial charge in [-0.25, -0.2) is 4.98 Å². The average molecular weight is 295 g/mol. The van der Waals surface area contributed by atoms with Gasteiger partial charge in [0.1, 0.15) is 0 Å². The van der Waals surface area contributed by atoms with E-state index < -0.39 is 0 Å². The number of nitrogen functional groups attached to an aromatic ring is 1. The van der Waals surface area contributed by atoms with Crippen LogP contribution in [0.1, 0.15) is 11.1 Å². The number of aryl methyl sites for hydroxylation is 2. The molecule has 0 unspecified atom stereocenters. The smallest absolute Gasteiger partial charge is 0.187 e. The number of thiazole rings is 1. The molecule has 3 nitrogen and oxygen atoms in total. The lowest BCUT2D eigenvalue weighted by atomic mass is 10.1. The van der Waals surface area contributed by atoms with Crippen LogP contribution in [0.5, 0.6) is 0 Å². The Bertz CT molecular complexity index is 757. The molecule has 3 aromatic rings. The molecule has 3 N–H and O–H groups in total. The van der Waals surface area contributed by atoms with E-state index in [1.54, 1.807) is 11.3 Å². The third-order valence-electron chi connectivity index (χ3n) is 3.40. The Labute approximate surface area is 128 Å². The van der Waals surface area contributed by atoms with E-state index in [2.05, 4.69) is 42.3 Å². The van der Waals surface area contributed by atoms with Crippen molar-refractivity contribution >= 4 is 27.8 Å². The molecule has 0 spiro atoms. The monoisotopic (exact) mass is 295 g/mol. The van der Waals surface area contributed by atoms with Crippen LogP contribution in [0.15, 0.2) is 47.8 Å². The molecule has 0 saturated heterocycles. The van der Waals surface area contributed by atoms with E-state index in [1.807, 2.05) is 29.6 Å². The number of nitrogens with two attached hydrogens (primary N) is 1. The highest BCUT2D eigenvalue weighted by atomic mass is 32.1. The highest BCUT2D eigenvalue weighted by Gasteiger charge is 2.07. The Morgan fingerprint density at radius 2 is 1.76 bits per heavy atom. The van der Waals surface area contributed by atoms with Gasteiger partial charge in [0.15, 0.2) is 5.13 Å². The first kappa shape index (κ1) is 13.6. The van der Waals surface area contributed by atoms with Gasteiger partial charge in [0, 0.05) is 22.3 Å². The van der Waals surface area contributed by atoms with Gasteiger partial charge in [-0.3, -0.25) is 0 Å². The Morgan fingerprint density at radius 3 is 2.48 bits per heavy atom. The molecule has 4 heteroatoms. The third kappa shape index (κ3) is 2.90. The first-order chi connectivity index (χ1) is 10.1. The number of benzene rings is 2. The normalized spacial score (nSPS) is 10.6. The van der Waals surface area contributed by atoms with E-state index in [4.69, 9.17) is 5.73 Å². The highest BCUT2D eigenvalue weighted by molar-refractivity contribution is 7.14. The molecule has 3 rings (SSSR count). The molecule has 2 aromatic carbocycles. The first-order valence-corrected chi connectivity index (χ1v) is 7.66. The summed E-state index contributed by atoms with van der Waals surface area (Å²) in [5.74, 6) is 0. The predicted octanol–water partition coefficient (Wildman–Crippen LogP) is 4.75. The number of para-hydroxylation sites is 1. The minimum atomic E-state index is 0.754.